The minimum Gasteiger partial charge on any atom is -0.478 e. The molecule has 2 aromatic carbocycles. The molecule has 3 rings (SSSR count). The Morgan fingerprint density at radius 1 is 1.10 bits per heavy atom. The van der Waals surface area contributed by atoms with Gasteiger partial charge in [-0.05, 0) is 35.9 Å². The minimum atomic E-state index is -0.986. The summed E-state index contributed by atoms with van der Waals surface area (Å²) in [6, 6.07) is 16.0. The summed E-state index contributed by atoms with van der Waals surface area (Å²) in [6.45, 7) is 0. The van der Waals surface area contributed by atoms with Gasteiger partial charge in [0, 0.05) is 17.1 Å². The smallest absolute Gasteiger partial charge is 0.335 e. The van der Waals surface area contributed by atoms with Crippen LogP contribution in [0.4, 0.5) is 0 Å². The second-order valence-electron chi connectivity index (χ2n) is 4.55. The van der Waals surface area contributed by atoms with Crippen LogP contribution in [-0.2, 0) is 0 Å². The number of benzene rings is 2. The Morgan fingerprint density at radius 3 is 2.67 bits per heavy atom. The van der Waals surface area contributed by atoms with E-state index in [1.165, 1.54) is 6.07 Å². The van der Waals surface area contributed by atoms with Crippen molar-refractivity contribution < 1.29 is 9.90 Å². The van der Waals surface area contributed by atoms with Crippen LogP contribution in [0, 0.1) is 11.3 Å². The first kappa shape index (κ1) is 12.8. The van der Waals surface area contributed by atoms with Crippen LogP contribution in [0.25, 0.3) is 22.0 Å². The summed E-state index contributed by atoms with van der Waals surface area (Å²) in [5.74, 6) is -0.986. The van der Waals surface area contributed by atoms with Crippen molar-refractivity contribution in [1.29, 1.82) is 5.26 Å². The lowest BCUT2D eigenvalue weighted by molar-refractivity contribution is 0.0697. The fourth-order valence-electron chi connectivity index (χ4n) is 2.33. The molecule has 1 N–H and O–H groups in total. The molecule has 0 fully saturated rings. The van der Waals surface area contributed by atoms with E-state index in [1.54, 1.807) is 36.5 Å². The first-order valence-corrected chi connectivity index (χ1v) is 6.32. The number of hydrogen-bond donors (Lipinski definition) is 1. The zero-order valence-corrected chi connectivity index (χ0v) is 10.9. The maximum atomic E-state index is 11.1. The third kappa shape index (κ3) is 2.21. The molecular weight excluding hydrogens is 264 g/mol. The van der Waals surface area contributed by atoms with E-state index in [0.717, 1.165) is 16.5 Å². The van der Waals surface area contributed by atoms with Gasteiger partial charge < -0.3 is 5.11 Å². The van der Waals surface area contributed by atoms with E-state index in [2.05, 4.69) is 11.1 Å². The Balaban J connectivity index is 2.35. The number of fused-ring (bicyclic) bond motifs is 1. The number of carboxylic acids is 1. The monoisotopic (exact) mass is 274 g/mol. The molecule has 0 unspecified atom stereocenters. The number of nitrogens with zero attached hydrogens (tertiary/aromatic N) is 2. The number of hydrogen-bond acceptors (Lipinski definition) is 3. The van der Waals surface area contributed by atoms with Gasteiger partial charge in [-0.15, -0.1) is 0 Å². The normalized spacial score (nSPS) is 10.2. The van der Waals surface area contributed by atoms with Crippen LogP contribution in [-0.4, -0.2) is 16.1 Å². The zero-order chi connectivity index (χ0) is 14.8. The fourth-order valence-corrected chi connectivity index (χ4v) is 2.33. The number of aromatic carboxylic acids is 1. The molecule has 0 atom stereocenters. The molecule has 21 heavy (non-hydrogen) atoms. The molecule has 0 bridgehead atoms. The van der Waals surface area contributed by atoms with Gasteiger partial charge in [-0.1, -0.05) is 18.2 Å². The number of rotatable bonds is 2. The van der Waals surface area contributed by atoms with Gasteiger partial charge >= 0.3 is 5.97 Å². The number of nitriles is 1. The average Bonchev–Trinajstić information content (AvgIpc) is 2.53. The summed E-state index contributed by atoms with van der Waals surface area (Å²) in [7, 11) is 0. The highest BCUT2D eigenvalue weighted by Crippen LogP contribution is 2.30. The van der Waals surface area contributed by atoms with Crippen LogP contribution in [0.3, 0.4) is 0 Å². The number of carbonyl (C=O) groups is 1. The minimum absolute atomic E-state index is 0.200. The molecule has 1 aromatic heterocycles. The van der Waals surface area contributed by atoms with Crippen molar-refractivity contribution >= 4 is 16.9 Å². The van der Waals surface area contributed by atoms with Gasteiger partial charge in [-0.3, -0.25) is 4.98 Å². The molecule has 0 radical (unpaired) electrons. The molecule has 4 nitrogen and oxygen atoms in total. The van der Waals surface area contributed by atoms with Gasteiger partial charge in [0.2, 0.25) is 0 Å². The van der Waals surface area contributed by atoms with Crippen LogP contribution < -0.4 is 0 Å². The lowest BCUT2D eigenvalue weighted by Gasteiger charge is -2.08. The van der Waals surface area contributed by atoms with Gasteiger partial charge in [0.05, 0.1) is 22.7 Å². The summed E-state index contributed by atoms with van der Waals surface area (Å²) >= 11 is 0. The lowest BCUT2D eigenvalue weighted by Crippen LogP contribution is -1.96. The van der Waals surface area contributed by atoms with Crippen LogP contribution in [0.5, 0.6) is 0 Å². The standard InChI is InChI=1S/C17H10N2O2/c18-10-12-3-1-2-4-13(12)14-7-8-19-16-6-5-11(17(20)21)9-15(14)16/h1-9H,(H,20,21). The summed E-state index contributed by atoms with van der Waals surface area (Å²) in [6.07, 6.45) is 1.66. The second kappa shape index (κ2) is 5.06. The predicted octanol–water partition coefficient (Wildman–Crippen LogP) is 3.47. The first-order valence-electron chi connectivity index (χ1n) is 6.32. The van der Waals surface area contributed by atoms with E-state index in [4.69, 9.17) is 5.11 Å². The zero-order valence-electron chi connectivity index (χ0n) is 10.9. The van der Waals surface area contributed by atoms with Crippen molar-refractivity contribution in [2.45, 2.75) is 0 Å². The molecule has 0 saturated heterocycles. The second-order valence-corrected chi connectivity index (χ2v) is 4.55. The van der Waals surface area contributed by atoms with E-state index in [0.29, 0.717) is 11.1 Å². The summed E-state index contributed by atoms with van der Waals surface area (Å²) < 4.78 is 0. The Morgan fingerprint density at radius 2 is 1.90 bits per heavy atom. The number of pyridine rings is 1. The van der Waals surface area contributed by atoms with Gasteiger partial charge in [-0.25, -0.2) is 4.79 Å². The average molecular weight is 274 g/mol. The molecule has 0 aliphatic carbocycles. The molecule has 0 amide bonds. The van der Waals surface area contributed by atoms with Crippen LogP contribution in [0.15, 0.2) is 54.7 Å². The maximum Gasteiger partial charge on any atom is 0.335 e. The van der Waals surface area contributed by atoms with Crippen molar-refractivity contribution in [1.82, 2.24) is 4.98 Å². The molecular formula is C17H10N2O2. The molecule has 0 aliphatic heterocycles. The van der Waals surface area contributed by atoms with Gasteiger partial charge in [-0.2, -0.15) is 5.26 Å². The van der Waals surface area contributed by atoms with E-state index in [1.807, 2.05) is 12.1 Å². The Kier molecular flexibility index (Phi) is 3.09. The van der Waals surface area contributed by atoms with Gasteiger partial charge in [0.1, 0.15) is 0 Å². The molecule has 0 saturated carbocycles. The fraction of sp³-hybridized carbons (Fsp3) is 0. The summed E-state index contributed by atoms with van der Waals surface area (Å²) in [4.78, 5) is 15.4. The quantitative estimate of drug-likeness (QED) is 0.776. The van der Waals surface area contributed by atoms with Crippen LogP contribution in [0.2, 0.25) is 0 Å². The Labute approximate surface area is 120 Å². The highest BCUT2D eigenvalue weighted by Gasteiger charge is 2.11. The van der Waals surface area contributed by atoms with Gasteiger partial charge in [0.15, 0.2) is 0 Å². The van der Waals surface area contributed by atoms with Crippen molar-refractivity contribution in [3.05, 3.63) is 65.9 Å². The molecule has 0 spiro atoms. The van der Waals surface area contributed by atoms with Crippen molar-refractivity contribution in [2.24, 2.45) is 0 Å². The summed E-state index contributed by atoms with van der Waals surface area (Å²) in [5, 5.41) is 19.1. The summed E-state index contributed by atoms with van der Waals surface area (Å²) in [5.41, 5.74) is 3.03. The Bertz CT molecular complexity index is 895. The molecule has 0 aliphatic rings. The number of aromatic nitrogens is 1. The van der Waals surface area contributed by atoms with E-state index in [9.17, 15) is 10.1 Å². The molecule has 4 heteroatoms. The van der Waals surface area contributed by atoms with Crippen molar-refractivity contribution in [2.75, 3.05) is 0 Å². The van der Waals surface area contributed by atoms with Gasteiger partial charge in [0.25, 0.3) is 0 Å². The largest absolute Gasteiger partial charge is 0.478 e. The maximum absolute atomic E-state index is 11.1. The Hall–Kier alpha value is -3.19. The van der Waals surface area contributed by atoms with E-state index in [-0.39, 0.29) is 5.56 Å². The van der Waals surface area contributed by atoms with Crippen molar-refractivity contribution in [3.63, 3.8) is 0 Å². The number of carboxylic acid groups (broad SMARTS) is 1. The third-order valence-electron chi connectivity index (χ3n) is 3.33. The van der Waals surface area contributed by atoms with E-state index >= 15 is 0 Å². The van der Waals surface area contributed by atoms with E-state index < -0.39 is 5.97 Å². The topological polar surface area (TPSA) is 74.0 Å². The van der Waals surface area contributed by atoms with Crippen LogP contribution >= 0.6 is 0 Å². The first-order chi connectivity index (χ1) is 10.2. The predicted molar refractivity (Wildman–Crippen MR) is 78.9 cm³/mol. The molecule has 3 aromatic rings. The van der Waals surface area contributed by atoms with Crippen molar-refractivity contribution in [3.8, 4) is 17.2 Å². The molecule has 100 valence electrons. The lowest BCUT2D eigenvalue weighted by atomic mass is 9.96. The van der Waals surface area contributed by atoms with Crippen LogP contribution in [0.1, 0.15) is 15.9 Å². The SMILES string of the molecule is N#Cc1ccccc1-c1ccnc2ccc(C(=O)O)cc12. The highest BCUT2D eigenvalue weighted by molar-refractivity contribution is 6.00. The highest BCUT2D eigenvalue weighted by atomic mass is 16.4. The third-order valence-corrected chi connectivity index (χ3v) is 3.33. The molecule has 1 heterocycles.